The second-order valence-electron chi connectivity index (χ2n) is 3.26. The van der Waals surface area contributed by atoms with Crippen LogP contribution in [0.2, 0.25) is 0 Å². The van der Waals surface area contributed by atoms with Crippen molar-refractivity contribution in [3.05, 3.63) is 52.3 Å². The van der Waals surface area contributed by atoms with Gasteiger partial charge >= 0.3 is 0 Å². The number of hydrogen-bond donors (Lipinski definition) is 1. The Morgan fingerprint density at radius 2 is 2.12 bits per heavy atom. The first kappa shape index (κ1) is 10.4. The van der Waals surface area contributed by atoms with Gasteiger partial charge in [-0.1, -0.05) is 0 Å². The summed E-state index contributed by atoms with van der Waals surface area (Å²) < 4.78 is 5.01. The smallest absolute Gasteiger partial charge is 0.250 e. The van der Waals surface area contributed by atoms with Gasteiger partial charge in [0.2, 0.25) is 5.88 Å². The number of nitrogens with zero attached hydrogens (tertiary/aromatic N) is 2. The summed E-state index contributed by atoms with van der Waals surface area (Å²) in [5, 5.41) is 0. The molecule has 82 valence electrons. The van der Waals surface area contributed by atoms with Crippen LogP contribution >= 0.6 is 0 Å². The van der Waals surface area contributed by atoms with Crippen LogP contribution in [-0.2, 0) is 6.42 Å². The van der Waals surface area contributed by atoms with Crippen LogP contribution in [0, 0.1) is 0 Å². The lowest BCUT2D eigenvalue weighted by Gasteiger charge is -2.02. The summed E-state index contributed by atoms with van der Waals surface area (Å²) in [5.41, 5.74) is 0.840. The van der Waals surface area contributed by atoms with Gasteiger partial charge < -0.3 is 9.72 Å². The molecule has 0 bridgehead atoms. The topological polar surface area (TPSA) is 67.9 Å². The molecule has 2 rings (SSSR count). The fourth-order valence-electron chi connectivity index (χ4n) is 1.37. The molecule has 0 saturated heterocycles. The number of rotatable bonds is 3. The summed E-state index contributed by atoms with van der Waals surface area (Å²) in [4.78, 5) is 21.8. The van der Waals surface area contributed by atoms with E-state index in [-0.39, 0.29) is 5.56 Å². The zero-order valence-electron chi connectivity index (χ0n) is 8.80. The summed E-state index contributed by atoms with van der Waals surface area (Å²) in [6.07, 6.45) is 3.71. The van der Waals surface area contributed by atoms with E-state index >= 15 is 0 Å². The van der Waals surface area contributed by atoms with E-state index in [2.05, 4.69) is 15.0 Å². The van der Waals surface area contributed by atoms with E-state index in [0.29, 0.717) is 18.1 Å². The molecule has 0 atom stereocenters. The molecular formula is C11H11N3O2. The van der Waals surface area contributed by atoms with E-state index in [1.54, 1.807) is 13.3 Å². The Labute approximate surface area is 92.2 Å². The highest BCUT2D eigenvalue weighted by molar-refractivity contribution is 5.23. The van der Waals surface area contributed by atoms with Gasteiger partial charge in [0.05, 0.1) is 7.11 Å². The van der Waals surface area contributed by atoms with Gasteiger partial charge in [-0.3, -0.25) is 4.79 Å². The second kappa shape index (κ2) is 4.57. The van der Waals surface area contributed by atoms with Crippen LogP contribution in [-0.4, -0.2) is 22.1 Å². The number of aromatic nitrogens is 3. The fraction of sp³-hybridized carbons (Fsp3) is 0.182. The largest absolute Gasteiger partial charge is 0.481 e. The van der Waals surface area contributed by atoms with Crippen molar-refractivity contribution in [2.45, 2.75) is 6.42 Å². The van der Waals surface area contributed by atoms with Gasteiger partial charge in [-0.2, -0.15) is 0 Å². The van der Waals surface area contributed by atoms with Gasteiger partial charge in [-0.15, -0.1) is 0 Å². The molecule has 0 saturated carbocycles. The van der Waals surface area contributed by atoms with Gasteiger partial charge in [0.1, 0.15) is 5.82 Å². The van der Waals surface area contributed by atoms with Crippen molar-refractivity contribution in [2.24, 2.45) is 0 Å². The van der Waals surface area contributed by atoms with Crippen molar-refractivity contribution >= 4 is 0 Å². The maximum Gasteiger partial charge on any atom is 0.250 e. The maximum atomic E-state index is 11.1. The third-order valence-corrected chi connectivity index (χ3v) is 2.10. The van der Waals surface area contributed by atoms with Crippen molar-refractivity contribution in [3.8, 4) is 5.88 Å². The molecule has 1 N–H and O–H groups in total. The Bertz CT molecular complexity index is 537. The molecule has 0 unspecified atom stereocenters. The van der Waals surface area contributed by atoms with Crippen molar-refractivity contribution < 1.29 is 4.74 Å². The molecule has 0 aliphatic rings. The standard InChI is InChI=1S/C11H11N3O2/c1-16-11-7-8(2-4-13-11)6-9-12-5-3-10(15)14-9/h2-5,7H,6H2,1H3,(H,12,14,15). The lowest BCUT2D eigenvalue weighted by molar-refractivity contribution is 0.397. The average Bonchev–Trinajstić information content (AvgIpc) is 2.29. The third-order valence-electron chi connectivity index (χ3n) is 2.10. The number of hydrogen-bond acceptors (Lipinski definition) is 4. The van der Waals surface area contributed by atoms with E-state index in [0.717, 1.165) is 5.56 Å². The summed E-state index contributed by atoms with van der Waals surface area (Å²) in [7, 11) is 1.56. The molecule has 5 heteroatoms. The molecule has 0 spiro atoms. The zero-order chi connectivity index (χ0) is 11.4. The van der Waals surface area contributed by atoms with E-state index in [9.17, 15) is 4.79 Å². The Kier molecular flexibility index (Phi) is 2.95. The van der Waals surface area contributed by atoms with Crippen LogP contribution in [0.5, 0.6) is 5.88 Å². The van der Waals surface area contributed by atoms with Gasteiger partial charge in [0, 0.05) is 30.9 Å². The first-order chi connectivity index (χ1) is 7.78. The van der Waals surface area contributed by atoms with Crippen LogP contribution in [0.15, 0.2) is 35.4 Å². The van der Waals surface area contributed by atoms with Crippen molar-refractivity contribution in [2.75, 3.05) is 7.11 Å². The van der Waals surface area contributed by atoms with Gasteiger partial charge in [-0.25, -0.2) is 9.97 Å². The Morgan fingerprint density at radius 3 is 2.88 bits per heavy atom. The molecular weight excluding hydrogens is 206 g/mol. The first-order valence-electron chi connectivity index (χ1n) is 4.81. The van der Waals surface area contributed by atoms with Gasteiger partial charge in [0.15, 0.2) is 0 Å². The van der Waals surface area contributed by atoms with Crippen LogP contribution in [0.3, 0.4) is 0 Å². The van der Waals surface area contributed by atoms with Crippen LogP contribution < -0.4 is 10.3 Å². The SMILES string of the molecule is COc1cc(Cc2nccc(=O)[nH]2)ccn1. The molecule has 2 aromatic rings. The van der Waals surface area contributed by atoms with E-state index < -0.39 is 0 Å². The Morgan fingerprint density at radius 1 is 1.31 bits per heavy atom. The number of H-pyrrole nitrogens is 1. The number of pyridine rings is 1. The second-order valence-corrected chi connectivity index (χ2v) is 3.26. The highest BCUT2D eigenvalue weighted by atomic mass is 16.5. The summed E-state index contributed by atoms with van der Waals surface area (Å²) in [6.45, 7) is 0. The van der Waals surface area contributed by atoms with Crippen LogP contribution in [0.1, 0.15) is 11.4 Å². The molecule has 0 radical (unpaired) electrons. The molecule has 0 fully saturated rings. The molecule has 16 heavy (non-hydrogen) atoms. The first-order valence-corrected chi connectivity index (χ1v) is 4.81. The van der Waals surface area contributed by atoms with Crippen LogP contribution in [0.25, 0.3) is 0 Å². The minimum Gasteiger partial charge on any atom is -0.481 e. The summed E-state index contributed by atoms with van der Waals surface area (Å²) in [6, 6.07) is 5.05. The molecule has 0 aromatic carbocycles. The quantitative estimate of drug-likeness (QED) is 0.824. The summed E-state index contributed by atoms with van der Waals surface area (Å²) in [5.74, 6) is 1.18. The average molecular weight is 217 g/mol. The number of nitrogens with one attached hydrogen (secondary N) is 1. The molecule has 0 aliphatic carbocycles. The normalized spacial score (nSPS) is 10.1. The van der Waals surface area contributed by atoms with Crippen molar-refractivity contribution in [1.82, 2.24) is 15.0 Å². The molecule has 0 aliphatic heterocycles. The van der Waals surface area contributed by atoms with Gasteiger partial charge in [-0.05, 0) is 11.6 Å². The van der Waals surface area contributed by atoms with Crippen LogP contribution in [0.4, 0.5) is 0 Å². The highest BCUT2D eigenvalue weighted by Gasteiger charge is 2.00. The number of methoxy groups -OCH3 is 1. The van der Waals surface area contributed by atoms with Crippen molar-refractivity contribution in [1.29, 1.82) is 0 Å². The number of aromatic amines is 1. The molecule has 5 nitrogen and oxygen atoms in total. The van der Waals surface area contributed by atoms with Gasteiger partial charge in [0.25, 0.3) is 5.56 Å². The Hall–Kier alpha value is -2.17. The number of ether oxygens (including phenoxy) is 1. The molecule has 2 aromatic heterocycles. The predicted octanol–water partition coefficient (Wildman–Crippen LogP) is 0.764. The van der Waals surface area contributed by atoms with Crippen molar-refractivity contribution in [3.63, 3.8) is 0 Å². The molecule has 2 heterocycles. The van der Waals surface area contributed by atoms with E-state index in [1.807, 2.05) is 12.1 Å². The lowest BCUT2D eigenvalue weighted by Crippen LogP contribution is -2.09. The lowest BCUT2D eigenvalue weighted by atomic mass is 10.2. The summed E-state index contributed by atoms with van der Waals surface area (Å²) >= 11 is 0. The van der Waals surface area contributed by atoms with E-state index in [4.69, 9.17) is 4.74 Å². The predicted molar refractivity (Wildman–Crippen MR) is 58.5 cm³/mol. The third kappa shape index (κ3) is 2.44. The van der Waals surface area contributed by atoms with E-state index in [1.165, 1.54) is 12.3 Å². The Balaban J connectivity index is 2.23. The molecule has 0 amide bonds. The maximum absolute atomic E-state index is 11.1. The monoisotopic (exact) mass is 217 g/mol. The highest BCUT2D eigenvalue weighted by Crippen LogP contribution is 2.10. The minimum absolute atomic E-state index is 0.147. The minimum atomic E-state index is -0.147. The fourth-order valence-corrected chi connectivity index (χ4v) is 1.37. The zero-order valence-corrected chi connectivity index (χ0v) is 8.80.